The smallest absolute Gasteiger partial charge is 0.147 e. The van der Waals surface area contributed by atoms with Crippen LogP contribution in [0.4, 0.5) is 11.5 Å². The Labute approximate surface area is 108 Å². The summed E-state index contributed by atoms with van der Waals surface area (Å²) in [7, 11) is 1.94. The molecule has 0 saturated carbocycles. The van der Waals surface area contributed by atoms with Gasteiger partial charge in [-0.25, -0.2) is 0 Å². The van der Waals surface area contributed by atoms with Gasteiger partial charge in [-0.05, 0) is 31.8 Å². The van der Waals surface area contributed by atoms with Crippen LogP contribution in [-0.4, -0.2) is 27.8 Å². The Bertz CT molecular complexity index is 349. The van der Waals surface area contributed by atoms with Gasteiger partial charge >= 0.3 is 0 Å². The fourth-order valence-electron chi connectivity index (χ4n) is 1.79. The average molecular weight is 256 g/mol. The van der Waals surface area contributed by atoms with Gasteiger partial charge in [0.15, 0.2) is 0 Å². The molecule has 0 saturated heterocycles. The first-order chi connectivity index (χ1) is 8.10. The molecule has 0 spiro atoms. The summed E-state index contributed by atoms with van der Waals surface area (Å²) in [5.74, 6) is 2.12. The first kappa shape index (κ1) is 14.2. The highest BCUT2D eigenvalue weighted by Crippen LogP contribution is 2.24. The molecule has 1 aromatic heterocycles. The van der Waals surface area contributed by atoms with E-state index in [-0.39, 0.29) is 0 Å². The number of anilines is 2. The van der Waals surface area contributed by atoms with Crippen molar-refractivity contribution in [2.45, 2.75) is 39.2 Å². The van der Waals surface area contributed by atoms with E-state index in [9.17, 15) is 0 Å². The van der Waals surface area contributed by atoms with Crippen LogP contribution in [-0.2, 0) is 13.5 Å². The standard InChI is InChI=1S/C12H24N4S/c1-5-6-10-11(13)12(16(3)15-10)14-9(2)7-8-17-4/h9,14H,5-8,13H2,1-4H3. The lowest BCUT2D eigenvalue weighted by Gasteiger charge is -2.15. The molecule has 4 nitrogen and oxygen atoms in total. The van der Waals surface area contributed by atoms with Crippen LogP contribution in [0.3, 0.4) is 0 Å². The Kier molecular flexibility index (Phi) is 5.68. The summed E-state index contributed by atoms with van der Waals surface area (Å²) in [6, 6.07) is 0.426. The van der Waals surface area contributed by atoms with Crippen molar-refractivity contribution >= 4 is 23.3 Å². The molecule has 0 aliphatic rings. The molecule has 1 heterocycles. The summed E-state index contributed by atoms with van der Waals surface area (Å²) in [4.78, 5) is 0. The highest BCUT2D eigenvalue weighted by atomic mass is 32.2. The third-order valence-corrected chi connectivity index (χ3v) is 3.43. The minimum absolute atomic E-state index is 0.426. The molecule has 17 heavy (non-hydrogen) atoms. The molecule has 1 unspecified atom stereocenters. The predicted octanol–water partition coefficient (Wildman–Crippen LogP) is 2.51. The Morgan fingerprint density at radius 2 is 2.24 bits per heavy atom. The van der Waals surface area contributed by atoms with Gasteiger partial charge < -0.3 is 11.1 Å². The Balaban J connectivity index is 2.69. The zero-order valence-corrected chi connectivity index (χ0v) is 12.1. The number of nitrogens with one attached hydrogen (secondary N) is 1. The van der Waals surface area contributed by atoms with Crippen LogP contribution in [0.5, 0.6) is 0 Å². The molecule has 1 rings (SSSR count). The summed E-state index contributed by atoms with van der Waals surface area (Å²) >= 11 is 1.87. The van der Waals surface area contributed by atoms with Gasteiger partial charge in [0.25, 0.3) is 0 Å². The molecule has 1 aromatic rings. The third kappa shape index (κ3) is 3.84. The van der Waals surface area contributed by atoms with E-state index in [4.69, 9.17) is 5.73 Å². The van der Waals surface area contributed by atoms with Crippen molar-refractivity contribution in [3.8, 4) is 0 Å². The van der Waals surface area contributed by atoms with Gasteiger partial charge in [0, 0.05) is 13.1 Å². The number of nitrogen functional groups attached to an aromatic ring is 1. The molecule has 0 aliphatic carbocycles. The van der Waals surface area contributed by atoms with E-state index in [2.05, 4.69) is 30.5 Å². The third-order valence-electron chi connectivity index (χ3n) is 2.79. The number of nitrogens with two attached hydrogens (primary N) is 1. The minimum Gasteiger partial charge on any atom is -0.394 e. The first-order valence-electron chi connectivity index (χ1n) is 6.16. The quantitative estimate of drug-likeness (QED) is 0.787. The zero-order chi connectivity index (χ0) is 12.8. The lowest BCUT2D eigenvalue weighted by atomic mass is 10.2. The number of hydrogen-bond acceptors (Lipinski definition) is 4. The van der Waals surface area contributed by atoms with Gasteiger partial charge in [-0.1, -0.05) is 13.3 Å². The molecule has 98 valence electrons. The largest absolute Gasteiger partial charge is 0.394 e. The van der Waals surface area contributed by atoms with Crippen LogP contribution in [0, 0.1) is 0 Å². The predicted molar refractivity (Wildman–Crippen MR) is 77.7 cm³/mol. The van der Waals surface area contributed by atoms with Crippen molar-refractivity contribution in [1.82, 2.24) is 9.78 Å². The number of hydrogen-bond donors (Lipinski definition) is 2. The van der Waals surface area contributed by atoms with Gasteiger partial charge in [-0.3, -0.25) is 4.68 Å². The lowest BCUT2D eigenvalue weighted by molar-refractivity contribution is 0.708. The average Bonchev–Trinajstić information content (AvgIpc) is 2.55. The fraction of sp³-hybridized carbons (Fsp3) is 0.750. The number of rotatable bonds is 7. The van der Waals surface area contributed by atoms with Crippen molar-refractivity contribution in [3.05, 3.63) is 5.69 Å². The summed E-state index contributed by atoms with van der Waals surface area (Å²) in [6.07, 6.45) is 5.28. The highest BCUT2D eigenvalue weighted by Gasteiger charge is 2.14. The Morgan fingerprint density at radius 1 is 1.53 bits per heavy atom. The van der Waals surface area contributed by atoms with Crippen LogP contribution in [0.2, 0.25) is 0 Å². The van der Waals surface area contributed by atoms with Gasteiger partial charge in [-0.2, -0.15) is 16.9 Å². The summed E-state index contributed by atoms with van der Waals surface area (Å²) in [5, 5.41) is 7.91. The van der Waals surface area contributed by atoms with Crippen molar-refractivity contribution < 1.29 is 0 Å². The van der Waals surface area contributed by atoms with Crippen LogP contribution in [0.25, 0.3) is 0 Å². The molecule has 0 fully saturated rings. The molecule has 0 radical (unpaired) electrons. The van der Waals surface area contributed by atoms with Gasteiger partial charge in [0.1, 0.15) is 5.82 Å². The van der Waals surface area contributed by atoms with Crippen molar-refractivity contribution in [2.24, 2.45) is 7.05 Å². The molecular weight excluding hydrogens is 232 g/mol. The van der Waals surface area contributed by atoms with E-state index in [0.717, 1.165) is 42.2 Å². The van der Waals surface area contributed by atoms with E-state index in [1.807, 2.05) is 23.5 Å². The number of aryl methyl sites for hydroxylation is 2. The van der Waals surface area contributed by atoms with E-state index in [1.165, 1.54) is 0 Å². The maximum Gasteiger partial charge on any atom is 0.147 e. The van der Waals surface area contributed by atoms with E-state index in [0.29, 0.717) is 6.04 Å². The van der Waals surface area contributed by atoms with E-state index in [1.54, 1.807) is 0 Å². The van der Waals surface area contributed by atoms with E-state index >= 15 is 0 Å². The number of thioether (sulfide) groups is 1. The second-order valence-electron chi connectivity index (χ2n) is 4.41. The van der Waals surface area contributed by atoms with E-state index < -0.39 is 0 Å². The highest BCUT2D eigenvalue weighted by molar-refractivity contribution is 7.98. The monoisotopic (exact) mass is 256 g/mol. The Morgan fingerprint density at radius 3 is 2.82 bits per heavy atom. The summed E-state index contributed by atoms with van der Waals surface area (Å²) in [5.41, 5.74) is 7.94. The molecule has 0 amide bonds. The van der Waals surface area contributed by atoms with Crippen molar-refractivity contribution in [3.63, 3.8) is 0 Å². The number of aromatic nitrogens is 2. The van der Waals surface area contributed by atoms with Gasteiger partial charge in [0.05, 0.1) is 11.4 Å². The summed E-state index contributed by atoms with van der Waals surface area (Å²) in [6.45, 7) is 4.32. The second-order valence-corrected chi connectivity index (χ2v) is 5.40. The SMILES string of the molecule is CCCc1nn(C)c(NC(C)CCSC)c1N. The van der Waals surface area contributed by atoms with Crippen LogP contribution in [0.1, 0.15) is 32.4 Å². The van der Waals surface area contributed by atoms with Crippen LogP contribution in [0.15, 0.2) is 0 Å². The Hall–Kier alpha value is -0.840. The number of nitrogens with zero attached hydrogens (tertiary/aromatic N) is 2. The molecule has 5 heteroatoms. The molecular formula is C12H24N4S. The topological polar surface area (TPSA) is 55.9 Å². The molecule has 0 aromatic carbocycles. The summed E-state index contributed by atoms with van der Waals surface area (Å²) < 4.78 is 1.86. The zero-order valence-electron chi connectivity index (χ0n) is 11.3. The lowest BCUT2D eigenvalue weighted by Crippen LogP contribution is -2.18. The second kappa shape index (κ2) is 6.79. The first-order valence-corrected chi connectivity index (χ1v) is 7.56. The maximum atomic E-state index is 6.12. The van der Waals surface area contributed by atoms with Crippen molar-refractivity contribution in [2.75, 3.05) is 23.1 Å². The van der Waals surface area contributed by atoms with Crippen LogP contribution < -0.4 is 11.1 Å². The van der Waals surface area contributed by atoms with Gasteiger partial charge in [-0.15, -0.1) is 0 Å². The molecule has 3 N–H and O–H groups in total. The maximum absolute atomic E-state index is 6.12. The fourth-order valence-corrected chi connectivity index (χ4v) is 2.38. The molecule has 1 atom stereocenters. The minimum atomic E-state index is 0.426. The van der Waals surface area contributed by atoms with Crippen molar-refractivity contribution in [1.29, 1.82) is 0 Å². The normalized spacial score (nSPS) is 12.7. The van der Waals surface area contributed by atoms with Crippen LogP contribution >= 0.6 is 11.8 Å². The molecule has 0 aliphatic heterocycles. The molecule has 0 bridgehead atoms. The van der Waals surface area contributed by atoms with Gasteiger partial charge in [0.2, 0.25) is 0 Å².